The number of hydrogen-bond donors (Lipinski definition) is 0. The lowest BCUT2D eigenvalue weighted by molar-refractivity contribution is 0.0634. The molecular weight excluding hydrogens is 398 g/mol. The van der Waals surface area contributed by atoms with Gasteiger partial charge >= 0.3 is 0 Å². The number of thiophene rings is 1. The van der Waals surface area contributed by atoms with Gasteiger partial charge in [0.1, 0.15) is 4.88 Å². The van der Waals surface area contributed by atoms with Crippen LogP contribution in [0, 0.1) is 6.92 Å². The minimum absolute atomic E-state index is 0.111. The molecule has 1 aromatic carbocycles. The van der Waals surface area contributed by atoms with Crippen molar-refractivity contribution >= 4 is 40.2 Å². The Morgan fingerprint density at radius 1 is 1.15 bits per heavy atom. The number of halogens is 1. The SMILES string of the molecule is Cc1ncc(C(=O)N2CCN(Cc3ccc(-c4cccc(Cl)c4)s3)CC2)s1. The van der Waals surface area contributed by atoms with Gasteiger partial charge in [0.2, 0.25) is 0 Å². The summed E-state index contributed by atoms with van der Waals surface area (Å²) in [7, 11) is 0. The van der Waals surface area contributed by atoms with E-state index in [2.05, 4.69) is 28.1 Å². The van der Waals surface area contributed by atoms with Crippen molar-refractivity contribution in [1.82, 2.24) is 14.8 Å². The van der Waals surface area contributed by atoms with Crippen molar-refractivity contribution < 1.29 is 4.79 Å². The Labute approximate surface area is 172 Å². The standard InChI is InChI=1S/C20H20ClN3OS2/c1-14-22-12-19(26-14)20(25)24-9-7-23(8-10-24)13-17-5-6-18(27-17)15-3-2-4-16(21)11-15/h2-6,11-12H,7-10,13H2,1H3. The third-order valence-corrected chi connectivity index (χ3v) is 6.90. The fraction of sp³-hybridized carbons (Fsp3) is 0.300. The first-order valence-corrected chi connectivity index (χ1v) is 10.9. The number of carbonyl (C=O) groups excluding carboxylic acids is 1. The highest BCUT2D eigenvalue weighted by Crippen LogP contribution is 2.30. The summed E-state index contributed by atoms with van der Waals surface area (Å²) in [6.45, 7) is 6.18. The Kier molecular flexibility index (Phi) is 5.59. The molecule has 1 saturated heterocycles. The molecule has 0 atom stereocenters. The molecule has 140 valence electrons. The summed E-state index contributed by atoms with van der Waals surface area (Å²) in [6.07, 6.45) is 1.69. The second kappa shape index (κ2) is 8.10. The Morgan fingerprint density at radius 2 is 1.96 bits per heavy atom. The molecule has 1 fully saturated rings. The van der Waals surface area contributed by atoms with Crippen LogP contribution >= 0.6 is 34.3 Å². The molecule has 0 spiro atoms. The molecule has 0 N–H and O–H groups in total. The van der Waals surface area contributed by atoms with Crippen LogP contribution in [0.3, 0.4) is 0 Å². The molecule has 1 amide bonds. The van der Waals surface area contributed by atoms with Gasteiger partial charge in [-0.25, -0.2) is 4.98 Å². The second-order valence-electron chi connectivity index (χ2n) is 6.59. The predicted octanol–water partition coefficient (Wildman–Crippen LogP) is 4.79. The lowest BCUT2D eigenvalue weighted by atomic mass is 10.2. The van der Waals surface area contributed by atoms with Gasteiger partial charge in [-0.1, -0.05) is 23.7 Å². The maximum absolute atomic E-state index is 12.5. The minimum Gasteiger partial charge on any atom is -0.335 e. The summed E-state index contributed by atoms with van der Waals surface area (Å²) in [4.78, 5) is 24.4. The van der Waals surface area contributed by atoms with Gasteiger partial charge in [0.05, 0.1) is 11.2 Å². The van der Waals surface area contributed by atoms with E-state index in [1.54, 1.807) is 6.20 Å². The lowest BCUT2D eigenvalue weighted by Crippen LogP contribution is -2.48. The molecule has 0 unspecified atom stereocenters. The number of hydrogen-bond acceptors (Lipinski definition) is 5. The normalized spacial score (nSPS) is 15.3. The lowest BCUT2D eigenvalue weighted by Gasteiger charge is -2.34. The summed E-state index contributed by atoms with van der Waals surface area (Å²) in [6, 6.07) is 12.3. The van der Waals surface area contributed by atoms with Crippen LogP contribution in [0.5, 0.6) is 0 Å². The van der Waals surface area contributed by atoms with Crippen LogP contribution in [0.15, 0.2) is 42.6 Å². The first-order valence-electron chi connectivity index (χ1n) is 8.87. The van der Waals surface area contributed by atoms with Crippen molar-refractivity contribution in [2.45, 2.75) is 13.5 Å². The van der Waals surface area contributed by atoms with Gasteiger partial charge in [0.25, 0.3) is 5.91 Å². The highest BCUT2D eigenvalue weighted by atomic mass is 35.5. The van der Waals surface area contributed by atoms with E-state index >= 15 is 0 Å². The quantitative estimate of drug-likeness (QED) is 0.612. The molecule has 0 aliphatic carbocycles. The third kappa shape index (κ3) is 4.41. The second-order valence-corrected chi connectivity index (χ2v) is 9.43. The van der Waals surface area contributed by atoms with E-state index < -0.39 is 0 Å². The molecule has 27 heavy (non-hydrogen) atoms. The van der Waals surface area contributed by atoms with Crippen molar-refractivity contribution in [1.29, 1.82) is 0 Å². The highest BCUT2D eigenvalue weighted by molar-refractivity contribution is 7.15. The van der Waals surface area contributed by atoms with Crippen LogP contribution in [-0.4, -0.2) is 46.9 Å². The van der Waals surface area contributed by atoms with Crippen molar-refractivity contribution in [3.8, 4) is 10.4 Å². The van der Waals surface area contributed by atoms with Crippen LogP contribution in [0.25, 0.3) is 10.4 Å². The molecule has 2 aromatic heterocycles. The average Bonchev–Trinajstić information content (AvgIpc) is 3.31. The number of rotatable bonds is 4. The maximum Gasteiger partial charge on any atom is 0.265 e. The van der Waals surface area contributed by atoms with Gasteiger partial charge in [0.15, 0.2) is 0 Å². The molecule has 0 bridgehead atoms. The van der Waals surface area contributed by atoms with Crippen molar-refractivity contribution in [2.24, 2.45) is 0 Å². The maximum atomic E-state index is 12.5. The molecule has 4 nitrogen and oxygen atoms in total. The van der Waals surface area contributed by atoms with Crippen molar-refractivity contribution in [3.63, 3.8) is 0 Å². The Morgan fingerprint density at radius 3 is 2.67 bits per heavy atom. The van der Waals surface area contributed by atoms with Gasteiger partial charge in [-0.05, 0) is 36.8 Å². The molecule has 1 aliphatic heterocycles. The Balaban J connectivity index is 1.34. The number of thiazole rings is 1. The van der Waals surface area contributed by atoms with E-state index in [-0.39, 0.29) is 5.91 Å². The largest absolute Gasteiger partial charge is 0.335 e. The van der Waals surface area contributed by atoms with Crippen molar-refractivity contribution in [2.75, 3.05) is 26.2 Å². The zero-order valence-electron chi connectivity index (χ0n) is 15.0. The van der Waals surface area contributed by atoms with Gasteiger partial charge in [0, 0.05) is 47.5 Å². The van der Waals surface area contributed by atoms with Crippen LogP contribution in [0.4, 0.5) is 0 Å². The topological polar surface area (TPSA) is 36.4 Å². The number of nitrogens with zero attached hydrogens (tertiary/aromatic N) is 3. The molecule has 4 rings (SSSR count). The fourth-order valence-electron chi connectivity index (χ4n) is 3.21. The fourth-order valence-corrected chi connectivity index (χ4v) is 5.19. The summed E-state index contributed by atoms with van der Waals surface area (Å²) >= 11 is 9.38. The van der Waals surface area contributed by atoms with E-state index in [9.17, 15) is 4.79 Å². The predicted molar refractivity (Wildman–Crippen MR) is 113 cm³/mol. The van der Waals surface area contributed by atoms with E-state index in [4.69, 9.17) is 11.6 Å². The molecule has 0 saturated carbocycles. The molecule has 1 aliphatic rings. The number of carbonyl (C=O) groups is 1. The highest BCUT2D eigenvalue weighted by Gasteiger charge is 2.23. The van der Waals surface area contributed by atoms with Gasteiger partial charge < -0.3 is 4.90 Å². The Bertz CT molecular complexity index is 944. The first kappa shape index (κ1) is 18.6. The van der Waals surface area contributed by atoms with E-state index in [0.29, 0.717) is 0 Å². The van der Waals surface area contributed by atoms with Crippen LogP contribution in [0.1, 0.15) is 19.6 Å². The number of piperazine rings is 1. The van der Waals surface area contributed by atoms with Crippen LogP contribution in [0.2, 0.25) is 5.02 Å². The van der Waals surface area contributed by atoms with Crippen LogP contribution < -0.4 is 0 Å². The smallest absolute Gasteiger partial charge is 0.265 e. The summed E-state index contributed by atoms with van der Waals surface area (Å²) in [5, 5.41) is 1.70. The monoisotopic (exact) mass is 417 g/mol. The number of amides is 1. The molecular formula is C20H20ClN3OS2. The molecule has 0 radical (unpaired) electrons. The van der Waals surface area contributed by atoms with E-state index in [1.807, 2.05) is 41.4 Å². The van der Waals surface area contributed by atoms with Gasteiger partial charge in [-0.2, -0.15) is 0 Å². The summed E-state index contributed by atoms with van der Waals surface area (Å²) in [5.74, 6) is 0.111. The number of aryl methyl sites for hydroxylation is 1. The van der Waals surface area contributed by atoms with Gasteiger partial charge in [-0.15, -0.1) is 22.7 Å². The summed E-state index contributed by atoms with van der Waals surface area (Å²) in [5.41, 5.74) is 1.16. The Hall–Kier alpha value is -1.73. The van der Waals surface area contributed by atoms with Crippen LogP contribution in [-0.2, 0) is 6.54 Å². The van der Waals surface area contributed by atoms with E-state index in [1.165, 1.54) is 21.1 Å². The van der Waals surface area contributed by atoms with E-state index in [0.717, 1.165) is 53.2 Å². The molecule has 7 heteroatoms. The molecule has 3 aromatic rings. The third-order valence-electron chi connectivity index (χ3n) is 4.64. The van der Waals surface area contributed by atoms with Gasteiger partial charge in [-0.3, -0.25) is 9.69 Å². The number of aromatic nitrogens is 1. The van der Waals surface area contributed by atoms with Crippen molar-refractivity contribution in [3.05, 3.63) is 62.4 Å². The minimum atomic E-state index is 0.111. The average molecular weight is 418 g/mol. The zero-order valence-corrected chi connectivity index (χ0v) is 17.4. The molecule has 3 heterocycles. The summed E-state index contributed by atoms with van der Waals surface area (Å²) < 4.78 is 0. The number of benzene rings is 1. The zero-order chi connectivity index (χ0) is 18.8. The first-order chi connectivity index (χ1) is 13.1.